The zero-order chi connectivity index (χ0) is 14.9. The Balaban J connectivity index is 2.75. The van der Waals surface area contributed by atoms with Crippen LogP contribution in [-0.2, 0) is 0 Å². The van der Waals surface area contributed by atoms with E-state index in [4.69, 9.17) is 10.5 Å². The molecular formula is C15H13F2NO2. The van der Waals surface area contributed by atoms with E-state index in [1.165, 1.54) is 25.3 Å². The fourth-order valence-corrected chi connectivity index (χ4v) is 2.20. The van der Waals surface area contributed by atoms with Gasteiger partial charge < -0.3 is 10.5 Å². The molecular weight excluding hydrogens is 264 g/mol. The SMILES string of the molecule is COc1c(C(N)=O)cc(F)c(-c2cccc(F)c2)c1C. The van der Waals surface area contributed by atoms with Crippen LogP contribution in [0.2, 0.25) is 0 Å². The summed E-state index contributed by atoms with van der Waals surface area (Å²) in [7, 11) is 1.36. The lowest BCUT2D eigenvalue weighted by molar-refractivity contribution is 0.0997. The van der Waals surface area contributed by atoms with E-state index in [0.717, 1.165) is 6.07 Å². The van der Waals surface area contributed by atoms with Gasteiger partial charge in [-0.15, -0.1) is 0 Å². The summed E-state index contributed by atoms with van der Waals surface area (Å²) in [5, 5.41) is 0. The average Bonchev–Trinajstić information content (AvgIpc) is 2.38. The zero-order valence-electron chi connectivity index (χ0n) is 11.0. The summed E-state index contributed by atoms with van der Waals surface area (Å²) < 4.78 is 32.6. The molecule has 0 atom stereocenters. The normalized spacial score (nSPS) is 10.4. The first kappa shape index (κ1) is 14.0. The predicted molar refractivity (Wildman–Crippen MR) is 71.6 cm³/mol. The number of carbonyl (C=O) groups excluding carboxylic acids is 1. The molecule has 0 aliphatic carbocycles. The number of primary amides is 1. The number of hydrogen-bond acceptors (Lipinski definition) is 2. The summed E-state index contributed by atoms with van der Waals surface area (Å²) in [4.78, 5) is 11.3. The number of ether oxygens (including phenoxy) is 1. The summed E-state index contributed by atoms with van der Waals surface area (Å²) in [6, 6.07) is 6.56. The molecule has 2 aromatic rings. The van der Waals surface area contributed by atoms with Crippen molar-refractivity contribution < 1.29 is 18.3 Å². The molecule has 0 heterocycles. The summed E-state index contributed by atoms with van der Waals surface area (Å²) in [6.45, 7) is 1.59. The third-order valence-corrected chi connectivity index (χ3v) is 3.05. The van der Waals surface area contributed by atoms with E-state index in [1.807, 2.05) is 0 Å². The van der Waals surface area contributed by atoms with Gasteiger partial charge in [0.05, 0.1) is 12.7 Å². The van der Waals surface area contributed by atoms with Crippen LogP contribution < -0.4 is 10.5 Å². The number of nitrogens with two attached hydrogens (primary N) is 1. The maximum Gasteiger partial charge on any atom is 0.252 e. The maximum atomic E-state index is 14.2. The molecule has 0 radical (unpaired) electrons. The number of halogens is 2. The monoisotopic (exact) mass is 277 g/mol. The molecule has 0 aromatic heterocycles. The lowest BCUT2D eigenvalue weighted by Crippen LogP contribution is -2.14. The lowest BCUT2D eigenvalue weighted by Gasteiger charge is -2.15. The van der Waals surface area contributed by atoms with E-state index in [-0.39, 0.29) is 16.9 Å². The molecule has 20 heavy (non-hydrogen) atoms. The van der Waals surface area contributed by atoms with E-state index in [1.54, 1.807) is 13.0 Å². The van der Waals surface area contributed by atoms with Crippen molar-refractivity contribution in [3.05, 3.63) is 53.1 Å². The smallest absolute Gasteiger partial charge is 0.252 e. The molecule has 0 aliphatic rings. The van der Waals surface area contributed by atoms with Gasteiger partial charge in [-0.25, -0.2) is 8.78 Å². The van der Waals surface area contributed by atoms with Gasteiger partial charge in [-0.2, -0.15) is 0 Å². The van der Waals surface area contributed by atoms with E-state index in [0.29, 0.717) is 11.1 Å². The topological polar surface area (TPSA) is 52.3 Å². The van der Waals surface area contributed by atoms with Crippen molar-refractivity contribution in [2.75, 3.05) is 7.11 Å². The molecule has 2 N–H and O–H groups in total. The second-order valence-corrected chi connectivity index (χ2v) is 4.31. The Morgan fingerprint density at radius 1 is 1.25 bits per heavy atom. The molecule has 5 heteroatoms. The molecule has 3 nitrogen and oxygen atoms in total. The van der Waals surface area contributed by atoms with Gasteiger partial charge in [0, 0.05) is 11.1 Å². The highest BCUT2D eigenvalue weighted by Crippen LogP contribution is 2.35. The van der Waals surface area contributed by atoms with Gasteiger partial charge in [0.1, 0.15) is 17.4 Å². The minimum Gasteiger partial charge on any atom is -0.496 e. The van der Waals surface area contributed by atoms with Gasteiger partial charge in [-0.1, -0.05) is 12.1 Å². The Bertz CT molecular complexity index is 684. The zero-order valence-corrected chi connectivity index (χ0v) is 11.0. The van der Waals surface area contributed by atoms with Crippen LogP contribution in [0.5, 0.6) is 5.75 Å². The maximum absolute atomic E-state index is 14.2. The Labute approximate surface area is 115 Å². The number of benzene rings is 2. The van der Waals surface area contributed by atoms with Gasteiger partial charge >= 0.3 is 0 Å². The molecule has 0 unspecified atom stereocenters. The Hall–Kier alpha value is -2.43. The molecule has 0 fully saturated rings. The average molecular weight is 277 g/mol. The molecule has 1 amide bonds. The first-order valence-electron chi connectivity index (χ1n) is 5.88. The highest BCUT2D eigenvalue weighted by Gasteiger charge is 2.20. The molecule has 0 saturated heterocycles. The van der Waals surface area contributed by atoms with Crippen molar-refractivity contribution in [2.24, 2.45) is 5.73 Å². The third kappa shape index (κ3) is 2.34. The highest BCUT2D eigenvalue weighted by atomic mass is 19.1. The van der Waals surface area contributed by atoms with Gasteiger partial charge in [0.2, 0.25) is 0 Å². The fourth-order valence-electron chi connectivity index (χ4n) is 2.20. The van der Waals surface area contributed by atoms with Crippen molar-refractivity contribution in [1.82, 2.24) is 0 Å². The molecule has 104 valence electrons. The first-order valence-corrected chi connectivity index (χ1v) is 5.88. The van der Waals surface area contributed by atoms with Crippen LogP contribution in [0, 0.1) is 18.6 Å². The van der Waals surface area contributed by atoms with Crippen LogP contribution in [0.1, 0.15) is 15.9 Å². The van der Waals surface area contributed by atoms with Crippen LogP contribution in [0.15, 0.2) is 30.3 Å². The predicted octanol–water partition coefficient (Wildman–Crippen LogP) is 3.05. The summed E-state index contributed by atoms with van der Waals surface area (Å²) in [5.41, 5.74) is 6.11. The van der Waals surface area contributed by atoms with Crippen molar-refractivity contribution >= 4 is 5.91 Å². The van der Waals surface area contributed by atoms with Gasteiger partial charge in [0.25, 0.3) is 5.91 Å². The second-order valence-electron chi connectivity index (χ2n) is 4.31. The second kappa shape index (κ2) is 5.28. The van der Waals surface area contributed by atoms with Gasteiger partial charge in [-0.05, 0) is 30.7 Å². The minimum absolute atomic E-state index is 0.0392. The van der Waals surface area contributed by atoms with E-state index < -0.39 is 17.5 Å². The third-order valence-electron chi connectivity index (χ3n) is 3.05. The van der Waals surface area contributed by atoms with E-state index in [9.17, 15) is 13.6 Å². The van der Waals surface area contributed by atoms with Crippen LogP contribution in [-0.4, -0.2) is 13.0 Å². The van der Waals surface area contributed by atoms with E-state index >= 15 is 0 Å². The highest BCUT2D eigenvalue weighted by molar-refractivity contribution is 5.97. The molecule has 0 saturated carbocycles. The van der Waals surface area contributed by atoms with E-state index in [2.05, 4.69) is 0 Å². The van der Waals surface area contributed by atoms with Crippen molar-refractivity contribution in [3.8, 4) is 16.9 Å². The Kier molecular flexibility index (Phi) is 3.70. The molecule has 2 rings (SSSR count). The minimum atomic E-state index is -0.783. The first-order chi connectivity index (χ1) is 9.45. The molecule has 0 spiro atoms. The lowest BCUT2D eigenvalue weighted by atomic mass is 9.96. The summed E-state index contributed by atoms with van der Waals surface area (Å²) >= 11 is 0. The number of amides is 1. The van der Waals surface area contributed by atoms with Crippen LogP contribution in [0.4, 0.5) is 8.78 Å². The molecule has 0 aliphatic heterocycles. The number of carbonyl (C=O) groups is 1. The number of methoxy groups -OCH3 is 1. The van der Waals surface area contributed by atoms with Crippen LogP contribution in [0.25, 0.3) is 11.1 Å². The van der Waals surface area contributed by atoms with Crippen molar-refractivity contribution in [2.45, 2.75) is 6.92 Å². The number of hydrogen-bond donors (Lipinski definition) is 1. The van der Waals surface area contributed by atoms with Gasteiger partial charge in [0.15, 0.2) is 0 Å². The van der Waals surface area contributed by atoms with Gasteiger partial charge in [-0.3, -0.25) is 4.79 Å². The quantitative estimate of drug-likeness (QED) is 0.937. The Morgan fingerprint density at radius 3 is 2.50 bits per heavy atom. The standard InChI is InChI=1S/C15H13F2NO2/c1-8-13(9-4-3-5-10(16)6-9)12(17)7-11(15(18)19)14(8)20-2/h3-7H,1-2H3,(H2,18,19). The summed E-state index contributed by atoms with van der Waals surface area (Å²) in [5.74, 6) is -1.71. The molecule has 2 aromatic carbocycles. The van der Waals surface area contributed by atoms with Crippen molar-refractivity contribution in [1.29, 1.82) is 0 Å². The fraction of sp³-hybridized carbons (Fsp3) is 0.133. The van der Waals surface area contributed by atoms with Crippen LogP contribution in [0.3, 0.4) is 0 Å². The number of rotatable bonds is 3. The Morgan fingerprint density at radius 2 is 1.95 bits per heavy atom. The van der Waals surface area contributed by atoms with Crippen molar-refractivity contribution in [3.63, 3.8) is 0 Å². The summed E-state index contributed by atoms with van der Waals surface area (Å²) in [6.07, 6.45) is 0. The van der Waals surface area contributed by atoms with Crippen LogP contribution >= 0.6 is 0 Å². The molecule has 0 bridgehead atoms. The largest absolute Gasteiger partial charge is 0.496 e.